The van der Waals surface area contributed by atoms with Gasteiger partial charge in [-0.1, -0.05) is 16.6 Å². The molecule has 0 saturated heterocycles. The number of hydrogen-bond donors (Lipinski definition) is 1. The van der Waals surface area contributed by atoms with Crippen LogP contribution in [-0.2, 0) is 0 Å². The second kappa shape index (κ2) is 4.99. The summed E-state index contributed by atoms with van der Waals surface area (Å²) in [7, 11) is 1.77. The largest absolute Gasteiger partial charge is 0.308 e. The third-order valence-corrected chi connectivity index (χ3v) is 3.39. The minimum Gasteiger partial charge on any atom is -0.308 e. The van der Waals surface area contributed by atoms with Crippen LogP contribution >= 0.6 is 27.5 Å². The van der Waals surface area contributed by atoms with Crippen LogP contribution in [0.4, 0.5) is 4.39 Å². The van der Waals surface area contributed by atoms with Crippen molar-refractivity contribution in [2.24, 2.45) is 0 Å². The number of aromatic nitrogens is 2. The lowest BCUT2D eigenvalue weighted by molar-refractivity contribution is 0.565. The first-order valence-corrected chi connectivity index (χ1v) is 6.25. The molecule has 0 aliphatic carbocycles. The minimum atomic E-state index is -0.269. The van der Waals surface area contributed by atoms with Gasteiger partial charge in [-0.2, -0.15) is 0 Å². The van der Waals surface area contributed by atoms with E-state index in [4.69, 9.17) is 0 Å². The molecule has 84 valence electrons. The van der Waals surface area contributed by atoms with Gasteiger partial charge in [-0.25, -0.2) is 4.39 Å². The van der Waals surface area contributed by atoms with Crippen molar-refractivity contribution in [1.82, 2.24) is 14.9 Å². The van der Waals surface area contributed by atoms with E-state index >= 15 is 0 Å². The Morgan fingerprint density at radius 3 is 2.94 bits per heavy atom. The van der Waals surface area contributed by atoms with E-state index in [1.54, 1.807) is 25.2 Å². The average molecular weight is 302 g/mol. The normalized spacial score (nSPS) is 12.7. The van der Waals surface area contributed by atoms with Crippen LogP contribution in [0.25, 0.3) is 0 Å². The van der Waals surface area contributed by atoms with Gasteiger partial charge < -0.3 is 5.32 Å². The van der Waals surface area contributed by atoms with Gasteiger partial charge in [-0.05, 0) is 40.6 Å². The van der Waals surface area contributed by atoms with Crippen molar-refractivity contribution >= 4 is 27.5 Å². The van der Waals surface area contributed by atoms with Crippen LogP contribution in [0.15, 0.2) is 28.1 Å². The Morgan fingerprint density at radius 2 is 2.31 bits per heavy atom. The Hall–Kier alpha value is -0.850. The molecule has 0 fully saturated rings. The molecule has 0 saturated carbocycles. The van der Waals surface area contributed by atoms with Crippen LogP contribution in [0.3, 0.4) is 0 Å². The molecular weight excluding hydrogens is 293 g/mol. The molecule has 16 heavy (non-hydrogen) atoms. The second-order valence-corrected chi connectivity index (χ2v) is 4.66. The van der Waals surface area contributed by atoms with E-state index in [1.807, 2.05) is 5.38 Å². The van der Waals surface area contributed by atoms with Gasteiger partial charge in [0.15, 0.2) is 0 Å². The van der Waals surface area contributed by atoms with E-state index in [0.717, 1.165) is 5.69 Å². The van der Waals surface area contributed by atoms with Crippen molar-refractivity contribution in [2.45, 2.75) is 6.04 Å². The van der Waals surface area contributed by atoms with E-state index in [2.05, 4.69) is 30.8 Å². The molecule has 2 rings (SSSR count). The second-order valence-electron chi connectivity index (χ2n) is 3.19. The van der Waals surface area contributed by atoms with Crippen molar-refractivity contribution in [3.8, 4) is 0 Å². The van der Waals surface area contributed by atoms with Crippen molar-refractivity contribution in [1.29, 1.82) is 0 Å². The molecule has 2 aromatic rings. The van der Waals surface area contributed by atoms with Crippen LogP contribution in [0.2, 0.25) is 0 Å². The molecule has 0 amide bonds. The summed E-state index contributed by atoms with van der Waals surface area (Å²) in [6, 6.07) is 4.94. The summed E-state index contributed by atoms with van der Waals surface area (Å²) in [4.78, 5) is 0. The molecule has 3 nitrogen and oxygen atoms in total. The van der Waals surface area contributed by atoms with Crippen molar-refractivity contribution < 1.29 is 4.39 Å². The van der Waals surface area contributed by atoms with Gasteiger partial charge in [0.05, 0.1) is 16.2 Å². The topological polar surface area (TPSA) is 37.8 Å². The maximum atomic E-state index is 13.9. The highest BCUT2D eigenvalue weighted by molar-refractivity contribution is 9.10. The van der Waals surface area contributed by atoms with Crippen LogP contribution in [0.5, 0.6) is 0 Å². The highest BCUT2D eigenvalue weighted by Gasteiger charge is 2.19. The number of halogens is 2. The third kappa shape index (κ3) is 2.14. The summed E-state index contributed by atoms with van der Waals surface area (Å²) < 4.78 is 18.1. The van der Waals surface area contributed by atoms with Crippen LogP contribution in [0.1, 0.15) is 17.3 Å². The highest BCUT2D eigenvalue weighted by atomic mass is 79.9. The molecule has 0 bridgehead atoms. The highest BCUT2D eigenvalue weighted by Crippen LogP contribution is 2.27. The fourth-order valence-corrected chi connectivity index (χ4v) is 2.37. The molecule has 0 radical (unpaired) electrons. The molecule has 1 N–H and O–H groups in total. The lowest BCUT2D eigenvalue weighted by Crippen LogP contribution is -2.19. The third-order valence-electron chi connectivity index (χ3n) is 2.25. The van der Waals surface area contributed by atoms with Gasteiger partial charge in [-0.15, -0.1) is 5.10 Å². The number of hydrogen-bond acceptors (Lipinski definition) is 4. The molecule has 1 aromatic carbocycles. The van der Waals surface area contributed by atoms with Gasteiger partial charge in [0.25, 0.3) is 0 Å². The Bertz CT molecular complexity index is 475. The van der Waals surface area contributed by atoms with Gasteiger partial charge in [0, 0.05) is 10.9 Å². The first-order chi connectivity index (χ1) is 7.74. The predicted octanol–water partition coefficient (Wildman–Crippen LogP) is 2.75. The monoisotopic (exact) mass is 301 g/mol. The standard InChI is InChI=1S/C10H9BrFN3S/c1-13-10(8-5-16-15-14-8)6-3-2-4-7(11)9(6)12/h2-5,10,13H,1H3. The molecule has 1 aromatic heterocycles. The summed E-state index contributed by atoms with van der Waals surface area (Å²) in [5, 5.41) is 8.80. The zero-order chi connectivity index (χ0) is 11.5. The first-order valence-electron chi connectivity index (χ1n) is 4.62. The Balaban J connectivity index is 2.45. The zero-order valence-corrected chi connectivity index (χ0v) is 10.8. The SMILES string of the molecule is CNC(c1csnn1)c1cccc(Br)c1F. The smallest absolute Gasteiger partial charge is 0.142 e. The zero-order valence-electron chi connectivity index (χ0n) is 8.45. The number of benzene rings is 1. The molecule has 1 heterocycles. The van der Waals surface area contributed by atoms with E-state index in [0.29, 0.717) is 10.0 Å². The molecule has 0 aliphatic heterocycles. The summed E-state index contributed by atoms with van der Waals surface area (Å²) in [6.07, 6.45) is 0. The van der Waals surface area contributed by atoms with Crippen LogP contribution in [-0.4, -0.2) is 16.6 Å². The Kier molecular flexibility index (Phi) is 3.63. The summed E-state index contributed by atoms with van der Waals surface area (Å²) in [5.74, 6) is -0.269. The van der Waals surface area contributed by atoms with Gasteiger partial charge >= 0.3 is 0 Å². The molecule has 0 aliphatic rings. The summed E-state index contributed by atoms with van der Waals surface area (Å²) in [5.41, 5.74) is 1.29. The van der Waals surface area contributed by atoms with Crippen molar-refractivity contribution in [2.75, 3.05) is 7.05 Å². The van der Waals surface area contributed by atoms with E-state index < -0.39 is 0 Å². The quantitative estimate of drug-likeness (QED) is 0.947. The van der Waals surface area contributed by atoms with E-state index in [-0.39, 0.29) is 11.9 Å². The lowest BCUT2D eigenvalue weighted by Gasteiger charge is -2.15. The van der Waals surface area contributed by atoms with E-state index in [9.17, 15) is 4.39 Å². The predicted molar refractivity (Wildman–Crippen MR) is 64.9 cm³/mol. The van der Waals surface area contributed by atoms with Crippen molar-refractivity contribution in [3.63, 3.8) is 0 Å². The van der Waals surface area contributed by atoms with Gasteiger partial charge in [0.2, 0.25) is 0 Å². The molecular formula is C10H9BrFN3S. The fourth-order valence-electron chi connectivity index (χ4n) is 1.50. The maximum absolute atomic E-state index is 13.9. The average Bonchev–Trinajstić information content (AvgIpc) is 2.79. The van der Waals surface area contributed by atoms with Crippen molar-refractivity contribution in [3.05, 3.63) is 45.1 Å². The fraction of sp³-hybridized carbons (Fsp3) is 0.200. The van der Waals surface area contributed by atoms with Crippen LogP contribution < -0.4 is 5.32 Å². The van der Waals surface area contributed by atoms with Gasteiger partial charge in [0.1, 0.15) is 5.82 Å². The molecule has 0 spiro atoms. The number of rotatable bonds is 3. The Morgan fingerprint density at radius 1 is 1.50 bits per heavy atom. The summed E-state index contributed by atoms with van der Waals surface area (Å²) >= 11 is 4.42. The number of nitrogens with one attached hydrogen (secondary N) is 1. The van der Waals surface area contributed by atoms with Crippen LogP contribution in [0, 0.1) is 5.82 Å². The molecule has 6 heteroatoms. The lowest BCUT2D eigenvalue weighted by atomic mass is 10.0. The maximum Gasteiger partial charge on any atom is 0.142 e. The Labute approximate surface area is 105 Å². The van der Waals surface area contributed by atoms with E-state index in [1.165, 1.54) is 11.5 Å². The van der Waals surface area contributed by atoms with Gasteiger partial charge in [-0.3, -0.25) is 0 Å². The molecule has 1 atom stereocenters. The summed E-state index contributed by atoms with van der Waals surface area (Å²) in [6.45, 7) is 0. The molecule has 1 unspecified atom stereocenters. The number of nitrogens with zero attached hydrogens (tertiary/aromatic N) is 2. The minimum absolute atomic E-state index is 0.267. The first kappa shape index (κ1) is 11.6.